The molecule has 110 valence electrons. The second-order valence-electron chi connectivity index (χ2n) is 5.44. The maximum atomic E-state index is 6.04. The molecule has 2 aromatic carbocycles. The van der Waals surface area contributed by atoms with Crippen molar-refractivity contribution in [3.63, 3.8) is 0 Å². The van der Waals surface area contributed by atoms with Gasteiger partial charge in [0.05, 0.1) is 6.61 Å². The zero-order valence-electron chi connectivity index (χ0n) is 12.5. The molecular weight excluding hydrogens is 278 g/mol. The van der Waals surface area contributed by atoms with Gasteiger partial charge in [0.15, 0.2) is 0 Å². The van der Waals surface area contributed by atoms with Crippen LogP contribution in [0, 0.1) is 0 Å². The third-order valence-corrected chi connectivity index (χ3v) is 5.29. The van der Waals surface area contributed by atoms with Gasteiger partial charge in [-0.2, -0.15) is 0 Å². The van der Waals surface area contributed by atoms with Crippen molar-refractivity contribution >= 4 is 11.8 Å². The van der Waals surface area contributed by atoms with Crippen LogP contribution in [0.2, 0.25) is 0 Å². The van der Waals surface area contributed by atoms with Crippen molar-refractivity contribution in [1.82, 2.24) is 5.32 Å². The molecule has 0 aliphatic carbocycles. The fraction of sp³-hybridized carbons (Fsp3) is 0.333. The summed E-state index contributed by atoms with van der Waals surface area (Å²) >= 11 is 1.93. The van der Waals surface area contributed by atoms with Crippen LogP contribution >= 0.6 is 11.8 Å². The highest BCUT2D eigenvalue weighted by molar-refractivity contribution is 7.99. The van der Waals surface area contributed by atoms with Gasteiger partial charge in [-0.3, -0.25) is 0 Å². The van der Waals surface area contributed by atoms with Gasteiger partial charge in [0, 0.05) is 22.6 Å². The number of thioether (sulfide) groups is 1. The smallest absolute Gasteiger partial charge is 0.119 e. The highest BCUT2D eigenvalue weighted by Gasteiger charge is 2.23. The van der Waals surface area contributed by atoms with Gasteiger partial charge in [-0.05, 0) is 43.3 Å². The van der Waals surface area contributed by atoms with Gasteiger partial charge >= 0.3 is 0 Å². The molecule has 21 heavy (non-hydrogen) atoms. The lowest BCUT2D eigenvalue weighted by atomic mass is 10.0. The molecule has 1 heterocycles. The summed E-state index contributed by atoms with van der Waals surface area (Å²) in [5.74, 6) is 2.58. The molecule has 0 amide bonds. The van der Waals surface area contributed by atoms with Crippen LogP contribution < -0.4 is 10.1 Å². The van der Waals surface area contributed by atoms with E-state index in [1.165, 1.54) is 16.0 Å². The van der Waals surface area contributed by atoms with Crippen molar-refractivity contribution in [2.24, 2.45) is 0 Å². The van der Waals surface area contributed by atoms with E-state index in [4.69, 9.17) is 4.74 Å². The lowest BCUT2D eigenvalue weighted by Crippen LogP contribution is -2.13. The average molecular weight is 299 g/mol. The van der Waals surface area contributed by atoms with Gasteiger partial charge in [0.2, 0.25) is 0 Å². The first kappa shape index (κ1) is 14.5. The zero-order chi connectivity index (χ0) is 14.7. The van der Waals surface area contributed by atoms with Crippen molar-refractivity contribution in [2.75, 3.05) is 19.4 Å². The van der Waals surface area contributed by atoms with Crippen LogP contribution in [-0.4, -0.2) is 19.4 Å². The van der Waals surface area contributed by atoms with Crippen LogP contribution in [0.3, 0.4) is 0 Å². The minimum Gasteiger partial charge on any atom is -0.493 e. The molecule has 2 atom stereocenters. The average Bonchev–Trinajstić information content (AvgIpc) is 2.95. The largest absolute Gasteiger partial charge is 0.493 e. The van der Waals surface area contributed by atoms with E-state index in [9.17, 15) is 0 Å². The number of hydrogen-bond donors (Lipinski definition) is 1. The van der Waals surface area contributed by atoms with Crippen LogP contribution in [-0.2, 0) is 0 Å². The first-order chi connectivity index (χ1) is 10.3. The molecule has 1 N–H and O–H groups in total. The van der Waals surface area contributed by atoms with Crippen LogP contribution in [0.15, 0.2) is 53.4 Å². The van der Waals surface area contributed by atoms with Gasteiger partial charge in [-0.25, -0.2) is 0 Å². The van der Waals surface area contributed by atoms with Crippen molar-refractivity contribution < 1.29 is 4.74 Å². The Hall–Kier alpha value is -1.45. The second kappa shape index (κ2) is 6.54. The molecule has 0 spiro atoms. The Morgan fingerprint density at radius 1 is 1.24 bits per heavy atom. The van der Waals surface area contributed by atoms with E-state index in [1.807, 2.05) is 24.9 Å². The van der Waals surface area contributed by atoms with E-state index >= 15 is 0 Å². The quantitative estimate of drug-likeness (QED) is 0.892. The van der Waals surface area contributed by atoms with Crippen molar-refractivity contribution in [3.8, 4) is 5.75 Å². The molecule has 0 saturated carbocycles. The third kappa shape index (κ3) is 3.25. The molecule has 3 heteroatoms. The van der Waals surface area contributed by atoms with Crippen LogP contribution in [0.25, 0.3) is 0 Å². The van der Waals surface area contributed by atoms with Gasteiger partial charge in [-0.1, -0.05) is 30.3 Å². The van der Waals surface area contributed by atoms with Gasteiger partial charge < -0.3 is 10.1 Å². The molecule has 1 aliphatic rings. The Morgan fingerprint density at radius 3 is 2.95 bits per heavy atom. The van der Waals surface area contributed by atoms with E-state index < -0.39 is 0 Å². The van der Waals surface area contributed by atoms with Crippen molar-refractivity contribution in [1.29, 1.82) is 0 Å². The molecule has 0 bridgehead atoms. The van der Waals surface area contributed by atoms with Gasteiger partial charge in [-0.15, -0.1) is 11.8 Å². The minimum atomic E-state index is 0.344. The Balaban J connectivity index is 1.66. The molecule has 2 aromatic rings. The van der Waals surface area contributed by atoms with E-state index in [0.717, 1.165) is 18.1 Å². The zero-order valence-corrected chi connectivity index (χ0v) is 13.3. The summed E-state index contributed by atoms with van der Waals surface area (Å²) in [5.41, 5.74) is 2.69. The minimum absolute atomic E-state index is 0.344. The maximum Gasteiger partial charge on any atom is 0.119 e. The van der Waals surface area contributed by atoms with Gasteiger partial charge in [0.1, 0.15) is 5.75 Å². The summed E-state index contributed by atoms with van der Waals surface area (Å²) in [6, 6.07) is 17.4. The lowest BCUT2D eigenvalue weighted by molar-refractivity contribution is 0.297. The SMILES string of the molecule is CNC(C)c1cccc(OCC2CSc3ccccc32)c1. The third-order valence-electron chi connectivity index (χ3n) is 4.04. The normalized spacial score (nSPS) is 18.3. The Bertz CT molecular complexity index is 614. The van der Waals surface area contributed by atoms with E-state index in [2.05, 4.69) is 54.7 Å². The van der Waals surface area contributed by atoms with Crippen molar-refractivity contribution in [2.45, 2.75) is 23.8 Å². The Kier molecular flexibility index (Phi) is 4.51. The predicted molar refractivity (Wildman–Crippen MR) is 89.3 cm³/mol. The second-order valence-corrected chi connectivity index (χ2v) is 6.50. The highest BCUT2D eigenvalue weighted by Crippen LogP contribution is 2.39. The van der Waals surface area contributed by atoms with Gasteiger partial charge in [0.25, 0.3) is 0 Å². The summed E-state index contributed by atoms with van der Waals surface area (Å²) in [6.45, 7) is 2.91. The number of fused-ring (bicyclic) bond motifs is 1. The number of benzene rings is 2. The highest BCUT2D eigenvalue weighted by atomic mass is 32.2. The summed E-state index contributed by atoms with van der Waals surface area (Å²) in [6.07, 6.45) is 0. The molecule has 0 fully saturated rings. The summed E-state index contributed by atoms with van der Waals surface area (Å²) in [4.78, 5) is 1.41. The van der Waals surface area contributed by atoms with E-state index in [0.29, 0.717) is 12.0 Å². The van der Waals surface area contributed by atoms with E-state index in [1.54, 1.807) is 0 Å². The van der Waals surface area contributed by atoms with E-state index in [-0.39, 0.29) is 0 Å². The molecule has 2 nitrogen and oxygen atoms in total. The molecule has 2 unspecified atom stereocenters. The number of nitrogens with one attached hydrogen (secondary N) is 1. The van der Waals surface area contributed by atoms with Crippen molar-refractivity contribution in [3.05, 3.63) is 59.7 Å². The monoisotopic (exact) mass is 299 g/mol. The first-order valence-corrected chi connectivity index (χ1v) is 8.38. The molecule has 0 aromatic heterocycles. The predicted octanol–water partition coefficient (Wildman–Crippen LogP) is 4.24. The molecule has 0 saturated heterocycles. The van der Waals surface area contributed by atoms with Crippen LogP contribution in [0.1, 0.15) is 30.0 Å². The van der Waals surface area contributed by atoms with Crippen LogP contribution in [0.4, 0.5) is 0 Å². The summed E-state index contributed by atoms with van der Waals surface area (Å²) in [5, 5.41) is 3.26. The summed E-state index contributed by atoms with van der Waals surface area (Å²) < 4.78 is 6.04. The molecule has 1 aliphatic heterocycles. The van der Waals surface area contributed by atoms with Crippen LogP contribution in [0.5, 0.6) is 5.75 Å². The Labute approximate surface area is 130 Å². The Morgan fingerprint density at radius 2 is 2.10 bits per heavy atom. The fourth-order valence-corrected chi connectivity index (χ4v) is 3.84. The number of hydrogen-bond acceptors (Lipinski definition) is 3. The summed E-state index contributed by atoms with van der Waals surface area (Å²) in [7, 11) is 1.98. The number of rotatable bonds is 5. The standard InChI is InChI=1S/C18H21NOS/c1-13(19-2)14-6-5-7-16(10-14)20-11-15-12-21-18-9-4-3-8-17(15)18/h3-10,13,15,19H,11-12H2,1-2H3. The lowest BCUT2D eigenvalue weighted by Gasteiger charge is -2.15. The topological polar surface area (TPSA) is 21.3 Å². The first-order valence-electron chi connectivity index (χ1n) is 7.39. The molecule has 3 rings (SSSR count). The molecular formula is C18H21NOS. The fourth-order valence-electron chi connectivity index (χ4n) is 2.60. The maximum absolute atomic E-state index is 6.04. The molecule has 0 radical (unpaired) electrons. The number of ether oxygens (including phenoxy) is 1.